The lowest BCUT2D eigenvalue weighted by molar-refractivity contribution is 0.251. The van der Waals surface area contributed by atoms with E-state index < -0.39 is 5.76 Å². The number of rotatable bonds is 7. The number of nitrogens with zero attached hydrogens (tertiary/aromatic N) is 4. The Kier molecular flexibility index (Phi) is 6.14. The number of methoxy groups -OCH3 is 1. The van der Waals surface area contributed by atoms with Crippen molar-refractivity contribution in [2.45, 2.75) is 21.4 Å². The first-order valence-electron chi connectivity index (χ1n) is 8.74. The van der Waals surface area contributed by atoms with Crippen LogP contribution < -0.4 is 4.74 Å². The van der Waals surface area contributed by atoms with Crippen LogP contribution in [0.15, 0.2) is 64.9 Å². The van der Waals surface area contributed by atoms with Gasteiger partial charge >= 0.3 is 0 Å². The Morgan fingerprint density at radius 1 is 1.10 bits per heavy atom. The monoisotopic (exact) mass is 448 g/mol. The van der Waals surface area contributed by atoms with E-state index in [4.69, 9.17) is 4.74 Å². The van der Waals surface area contributed by atoms with Crippen LogP contribution in [0.1, 0.15) is 5.56 Å². The van der Waals surface area contributed by atoms with Crippen LogP contribution in [0.2, 0.25) is 0 Å². The molecule has 0 fully saturated rings. The van der Waals surface area contributed by atoms with Gasteiger partial charge in [-0.3, -0.25) is 0 Å². The molecule has 0 aliphatic carbocycles. The molecule has 0 N–H and O–H groups in total. The van der Waals surface area contributed by atoms with E-state index in [-0.39, 0.29) is 5.82 Å². The standard InChI is InChI=1S/C20H15F3N4OS2/c1-28-16-8-12(2-7-17(16)30-20(22)23)10-29-19-15-9-26-27(18(15)24-11-25-19)14-5-3-13(21)4-6-14/h2-9,11,20H,10H2,1H3. The number of halogens is 3. The molecule has 0 bridgehead atoms. The molecule has 0 radical (unpaired) electrons. The van der Waals surface area contributed by atoms with E-state index in [1.54, 1.807) is 41.2 Å². The Morgan fingerprint density at radius 3 is 2.63 bits per heavy atom. The van der Waals surface area contributed by atoms with Crippen molar-refractivity contribution in [3.05, 3.63) is 66.4 Å². The lowest BCUT2D eigenvalue weighted by Gasteiger charge is -2.10. The number of alkyl halides is 2. The lowest BCUT2D eigenvalue weighted by Crippen LogP contribution is -1.98. The molecule has 0 saturated carbocycles. The van der Waals surface area contributed by atoms with Gasteiger partial charge in [0.15, 0.2) is 5.65 Å². The van der Waals surface area contributed by atoms with Crippen LogP contribution in [0.25, 0.3) is 16.7 Å². The maximum atomic E-state index is 13.2. The summed E-state index contributed by atoms with van der Waals surface area (Å²) in [6, 6.07) is 11.2. The third-order valence-electron chi connectivity index (χ3n) is 4.22. The van der Waals surface area contributed by atoms with Gasteiger partial charge in [-0.15, -0.1) is 11.8 Å². The van der Waals surface area contributed by atoms with Gasteiger partial charge in [0.1, 0.15) is 22.9 Å². The molecule has 0 aliphatic rings. The van der Waals surface area contributed by atoms with Crippen LogP contribution in [-0.2, 0) is 5.75 Å². The predicted octanol–water partition coefficient (Wildman–Crippen LogP) is 5.57. The molecule has 2 aromatic carbocycles. The Bertz CT molecular complexity index is 1170. The van der Waals surface area contributed by atoms with Crippen molar-refractivity contribution >= 4 is 34.6 Å². The van der Waals surface area contributed by atoms with Gasteiger partial charge in [0, 0.05) is 5.75 Å². The largest absolute Gasteiger partial charge is 0.496 e. The normalized spacial score (nSPS) is 11.4. The van der Waals surface area contributed by atoms with Crippen LogP contribution in [0.3, 0.4) is 0 Å². The number of hydrogen-bond donors (Lipinski definition) is 0. The summed E-state index contributed by atoms with van der Waals surface area (Å²) < 4.78 is 45.4. The summed E-state index contributed by atoms with van der Waals surface area (Å²) in [6.45, 7) is 0. The van der Waals surface area contributed by atoms with Gasteiger partial charge in [-0.05, 0) is 42.0 Å². The Hall–Kier alpha value is -2.72. The first kappa shape index (κ1) is 20.5. The molecular formula is C20H15F3N4OS2. The molecule has 4 rings (SSSR count). The van der Waals surface area contributed by atoms with Gasteiger partial charge in [-0.25, -0.2) is 19.0 Å². The summed E-state index contributed by atoms with van der Waals surface area (Å²) in [4.78, 5) is 9.05. The Labute approximate surface area is 178 Å². The fourth-order valence-corrected chi connectivity index (χ4v) is 4.36. The number of fused-ring (bicyclic) bond motifs is 1. The predicted molar refractivity (Wildman–Crippen MR) is 111 cm³/mol. The van der Waals surface area contributed by atoms with E-state index in [0.29, 0.717) is 39.5 Å². The SMILES string of the molecule is COc1cc(CSc2ncnc3c2cnn3-c2ccc(F)cc2)ccc1SC(F)F. The van der Waals surface area contributed by atoms with Crippen LogP contribution in [-0.4, -0.2) is 32.6 Å². The van der Waals surface area contributed by atoms with E-state index in [1.165, 1.54) is 37.3 Å². The second-order valence-corrected chi connectivity index (χ2v) is 8.10. The minimum absolute atomic E-state index is 0.325. The van der Waals surface area contributed by atoms with Crippen molar-refractivity contribution in [2.24, 2.45) is 0 Å². The number of thioether (sulfide) groups is 2. The second-order valence-electron chi connectivity index (χ2n) is 6.10. The zero-order valence-electron chi connectivity index (χ0n) is 15.6. The lowest BCUT2D eigenvalue weighted by atomic mass is 10.2. The summed E-state index contributed by atoms with van der Waals surface area (Å²) in [5.74, 6) is -1.86. The zero-order valence-corrected chi connectivity index (χ0v) is 17.3. The second kappa shape index (κ2) is 8.97. The maximum absolute atomic E-state index is 13.2. The molecule has 0 unspecified atom stereocenters. The molecule has 0 atom stereocenters. The summed E-state index contributed by atoms with van der Waals surface area (Å²) in [6.07, 6.45) is 3.12. The van der Waals surface area contributed by atoms with E-state index in [2.05, 4.69) is 15.1 Å². The van der Waals surface area contributed by atoms with Crippen molar-refractivity contribution < 1.29 is 17.9 Å². The average molecular weight is 448 g/mol. The van der Waals surface area contributed by atoms with Crippen LogP contribution in [0.5, 0.6) is 5.75 Å². The molecule has 154 valence electrons. The van der Waals surface area contributed by atoms with E-state index in [1.807, 2.05) is 0 Å². The molecule has 0 amide bonds. The molecule has 10 heteroatoms. The highest BCUT2D eigenvalue weighted by molar-refractivity contribution is 7.99. The quantitative estimate of drug-likeness (QED) is 0.272. The maximum Gasteiger partial charge on any atom is 0.289 e. The van der Waals surface area contributed by atoms with Crippen molar-refractivity contribution in [3.63, 3.8) is 0 Å². The molecule has 0 aliphatic heterocycles. The smallest absolute Gasteiger partial charge is 0.289 e. The minimum atomic E-state index is -2.51. The number of hydrogen-bond acceptors (Lipinski definition) is 6. The fourth-order valence-electron chi connectivity index (χ4n) is 2.86. The first-order valence-corrected chi connectivity index (χ1v) is 10.6. The zero-order chi connectivity index (χ0) is 21.1. The van der Waals surface area contributed by atoms with Gasteiger partial charge in [-0.2, -0.15) is 13.9 Å². The van der Waals surface area contributed by atoms with Gasteiger partial charge in [0.25, 0.3) is 5.76 Å². The van der Waals surface area contributed by atoms with Crippen molar-refractivity contribution in [3.8, 4) is 11.4 Å². The highest BCUT2D eigenvalue weighted by Gasteiger charge is 2.14. The van der Waals surface area contributed by atoms with Gasteiger partial charge in [0.05, 0.1) is 29.3 Å². The molecule has 0 spiro atoms. The summed E-state index contributed by atoms with van der Waals surface area (Å²) in [5, 5.41) is 5.86. The molecule has 2 heterocycles. The summed E-state index contributed by atoms with van der Waals surface area (Å²) in [7, 11) is 1.46. The van der Waals surface area contributed by atoms with Crippen LogP contribution in [0.4, 0.5) is 13.2 Å². The topological polar surface area (TPSA) is 52.8 Å². The van der Waals surface area contributed by atoms with Crippen LogP contribution in [0, 0.1) is 5.82 Å². The molecular weight excluding hydrogens is 433 g/mol. The molecule has 4 aromatic rings. The van der Waals surface area contributed by atoms with Crippen molar-refractivity contribution in [1.29, 1.82) is 0 Å². The molecule has 0 saturated heterocycles. The first-order chi connectivity index (χ1) is 14.5. The van der Waals surface area contributed by atoms with E-state index in [9.17, 15) is 13.2 Å². The third kappa shape index (κ3) is 4.39. The third-order valence-corrected chi connectivity index (χ3v) is 6.07. The summed E-state index contributed by atoms with van der Waals surface area (Å²) >= 11 is 1.93. The Balaban J connectivity index is 1.57. The number of aromatic nitrogens is 4. The van der Waals surface area contributed by atoms with Crippen molar-refractivity contribution in [2.75, 3.05) is 7.11 Å². The highest BCUT2D eigenvalue weighted by atomic mass is 32.2. The molecule has 5 nitrogen and oxygen atoms in total. The van der Waals surface area contributed by atoms with Crippen molar-refractivity contribution in [1.82, 2.24) is 19.7 Å². The average Bonchev–Trinajstić information content (AvgIpc) is 3.18. The van der Waals surface area contributed by atoms with Gasteiger partial charge < -0.3 is 4.74 Å². The highest BCUT2D eigenvalue weighted by Crippen LogP contribution is 2.36. The fraction of sp³-hybridized carbons (Fsp3) is 0.150. The van der Waals surface area contributed by atoms with E-state index in [0.717, 1.165) is 16.0 Å². The minimum Gasteiger partial charge on any atom is -0.496 e. The summed E-state index contributed by atoms with van der Waals surface area (Å²) in [5.41, 5.74) is 2.21. The number of ether oxygens (including phenoxy) is 1. The molecule has 30 heavy (non-hydrogen) atoms. The van der Waals surface area contributed by atoms with E-state index >= 15 is 0 Å². The molecule has 2 aromatic heterocycles. The Morgan fingerprint density at radius 2 is 1.90 bits per heavy atom. The van der Waals surface area contributed by atoms with Gasteiger partial charge in [-0.1, -0.05) is 17.8 Å². The van der Waals surface area contributed by atoms with Gasteiger partial charge in [0.2, 0.25) is 0 Å². The van der Waals surface area contributed by atoms with Crippen LogP contribution >= 0.6 is 23.5 Å². The number of benzene rings is 2.